The monoisotopic (exact) mass is 224 g/mol. The smallest absolute Gasteiger partial charge is 0.287 e. The Balaban J connectivity index is 4.13. The minimum atomic E-state index is -3.27. The lowest BCUT2D eigenvalue weighted by Gasteiger charge is -2.20. The number of aliphatic hydroxyl groups is 1. The van der Waals surface area contributed by atoms with Gasteiger partial charge in [0.1, 0.15) is 6.61 Å². The molecule has 0 saturated carbocycles. The molecule has 1 unspecified atom stereocenters. The lowest BCUT2D eigenvalue weighted by molar-refractivity contribution is -0.128. The van der Waals surface area contributed by atoms with Crippen molar-refractivity contribution < 1.29 is 18.7 Å². The van der Waals surface area contributed by atoms with Gasteiger partial charge in [0, 0.05) is 6.54 Å². The van der Waals surface area contributed by atoms with Crippen LogP contribution in [0.2, 0.25) is 0 Å². The van der Waals surface area contributed by atoms with Crippen LogP contribution < -0.4 is 11.1 Å². The molecule has 0 aromatic carbocycles. The molecule has 0 spiro atoms. The molecule has 6 heteroatoms. The Labute approximate surface area is 87.8 Å². The van der Waals surface area contributed by atoms with E-state index in [1.807, 2.05) is 0 Å². The lowest BCUT2D eigenvalue weighted by Crippen LogP contribution is -2.44. The fourth-order valence-corrected chi connectivity index (χ4v) is 1.09. The second-order valence-electron chi connectivity index (χ2n) is 3.82. The number of aliphatic hydroxyl groups excluding tert-OH is 1. The van der Waals surface area contributed by atoms with Crippen LogP contribution in [0.3, 0.4) is 0 Å². The molecule has 0 aromatic rings. The molecule has 0 radical (unpaired) electrons. The third-order valence-corrected chi connectivity index (χ3v) is 2.15. The van der Waals surface area contributed by atoms with Crippen molar-refractivity contribution in [2.24, 2.45) is 17.6 Å². The zero-order valence-electron chi connectivity index (χ0n) is 8.96. The summed E-state index contributed by atoms with van der Waals surface area (Å²) in [6.07, 6.45) is 0. The fraction of sp³-hybridized carbons (Fsp3) is 0.889. The highest BCUT2D eigenvalue weighted by atomic mass is 19.3. The van der Waals surface area contributed by atoms with E-state index < -0.39 is 30.9 Å². The summed E-state index contributed by atoms with van der Waals surface area (Å²) in [4.78, 5) is 11.4. The van der Waals surface area contributed by atoms with Crippen LogP contribution in [-0.2, 0) is 4.79 Å². The summed E-state index contributed by atoms with van der Waals surface area (Å²) in [6.45, 7) is 1.57. The molecule has 0 aliphatic heterocycles. The summed E-state index contributed by atoms with van der Waals surface area (Å²) in [6, 6.07) is 0. The average Bonchev–Trinajstić information content (AvgIpc) is 2.15. The van der Waals surface area contributed by atoms with E-state index in [-0.39, 0.29) is 12.5 Å². The number of nitrogens with two attached hydrogens (primary N) is 1. The van der Waals surface area contributed by atoms with Gasteiger partial charge in [-0.05, 0) is 5.92 Å². The minimum absolute atomic E-state index is 0.00208. The van der Waals surface area contributed by atoms with Crippen molar-refractivity contribution >= 4 is 5.91 Å². The highest BCUT2D eigenvalue weighted by molar-refractivity contribution is 5.79. The molecule has 90 valence electrons. The number of carbonyl (C=O) groups excluding carboxylic acids is 1. The number of carbonyl (C=O) groups is 1. The number of amides is 1. The maximum atomic E-state index is 12.6. The molecule has 1 atom stereocenters. The van der Waals surface area contributed by atoms with Crippen LogP contribution >= 0.6 is 0 Å². The summed E-state index contributed by atoms with van der Waals surface area (Å²) in [5.41, 5.74) is 5.35. The highest BCUT2D eigenvalue weighted by Gasteiger charge is 2.30. The molecule has 0 aliphatic rings. The lowest BCUT2D eigenvalue weighted by atomic mass is 9.95. The Hall–Kier alpha value is -0.750. The predicted octanol–water partition coefficient (Wildman–Crippen LogP) is -0.0389. The molecule has 0 bridgehead atoms. The zero-order valence-corrected chi connectivity index (χ0v) is 8.96. The van der Waals surface area contributed by atoms with Crippen LogP contribution in [-0.4, -0.2) is 36.6 Å². The van der Waals surface area contributed by atoms with Crippen molar-refractivity contribution in [1.82, 2.24) is 5.32 Å². The zero-order chi connectivity index (χ0) is 12.1. The quantitative estimate of drug-likeness (QED) is 0.592. The molecule has 0 heterocycles. The molecule has 0 aromatic heterocycles. The number of hydrogen-bond donors (Lipinski definition) is 3. The van der Waals surface area contributed by atoms with Gasteiger partial charge in [-0.15, -0.1) is 0 Å². The third kappa shape index (κ3) is 5.03. The predicted molar refractivity (Wildman–Crippen MR) is 52.4 cm³/mol. The average molecular weight is 224 g/mol. The van der Waals surface area contributed by atoms with E-state index in [1.54, 1.807) is 13.8 Å². The SMILES string of the molecule is CC(C)C(CN)C(=O)NCC(F)(F)CO. The molecule has 1 amide bonds. The number of alkyl halides is 2. The first-order valence-electron chi connectivity index (χ1n) is 4.80. The molecule has 4 N–H and O–H groups in total. The van der Waals surface area contributed by atoms with Crippen LogP contribution in [0.4, 0.5) is 8.78 Å². The van der Waals surface area contributed by atoms with Crippen LogP contribution in [0.25, 0.3) is 0 Å². The molecule has 0 fully saturated rings. The van der Waals surface area contributed by atoms with Gasteiger partial charge in [-0.2, -0.15) is 0 Å². The van der Waals surface area contributed by atoms with Crippen molar-refractivity contribution in [2.45, 2.75) is 19.8 Å². The number of nitrogens with one attached hydrogen (secondary N) is 1. The van der Waals surface area contributed by atoms with E-state index in [4.69, 9.17) is 10.8 Å². The first-order valence-corrected chi connectivity index (χ1v) is 4.80. The van der Waals surface area contributed by atoms with Gasteiger partial charge in [0.25, 0.3) is 5.92 Å². The molecule has 4 nitrogen and oxygen atoms in total. The Bertz CT molecular complexity index is 210. The first-order chi connectivity index (χ1) is 6.84. The Kier molecular flexibility index (Phi) is 5.67. The van der Waals surface area contributed by atoms with Gasteiger partial charge in [-0.1, -0.05) is 13.8 Å². The van der Waals surface area contributed by atoms with E-state index in [1.165, 1.54) is 0 Å². The number of hydrogen-bond acceptors (Lipinski definition) is 3. The summed E-state index contributed by atoms with van der Waals surface area (Å²) in [5, 5.41) is 10.4. The summed E-state index contributed by atoms with van der Waals surface area (Å²) < 4.78 is 25.2. The first kappa shape index (κ1) is 14.2. The van der Waals surface area contributed by atoms with E-state index >= 15 is 0 Å². The molecular weight excluding hydrogens is 206 g/mol. The van der Waals surface area contributed by atoms with Crippen molar-refractivity contribution in [3.8, 4) is 0 Å². The maximum absolute atomic E-state index is 12.6. The Morgan fingerprint density at radius 1 is 1.53 bits per heavy atom. The summed E-state index contributed by atoms with van der Waals surface area (Å²) in [5.74, 6) is -4.25. The van der Waals surface area contributed by atoms with Gasteiger partial charge < -0.3 is 16.2 Å². The van der Waals surface area contributed by atoms with Crippen molar-refractivity contribution in [1.29, 1.82) is 0 Å². The standard InChI is InChI=1S/C9H18F2N2O2/c1-6(2)7(3-12)8(15)13-4-9(10,11)5-14/h6-7,14H,3-5,12H2,1-2H3,(H,13,15). The summed E-state index contributed by atoms with van der Waals surface area (Å²) in [7, 11) is 0. The molecule has 0 saturated heterocycles. The molecule has 0 rings (SSSR count). The van der Waals surface area contributed by atoms with Crippen LogP contribution in [0.1, 0.15) is 13.8 Å². The van der Waals surface area contributed by atoms with Gasteiger partial charge >= 0.3 is 0 Å². The van der Waals surface area contributed by atoms with Crippen LogP contribution in [0, 0.1) is 11.8 Å². The van der Waals surface area contributed by atoms with Crippen molar-refractivity contribution in [3.63, 3.8) is 0 Å². The number of halogens is 2. The highest BCUT2D eigenvalue weighted by Crippen LogP contribution is 2.12. The normalized spacial score (nSPS) is 14.1. The van der Waals surface area contributed by atoms with E-state index in [9.17, 15) is 13.6 Å². The Morgan fingerprint density at radius 2 is 2.07 bits per heavy atom. The van der Waals surface area contributed by atoms with E-state index in [0.29, 0.717) is 0 Å². The molecule has 15 heavy (non-hydrogen) atoms. The molecular formula is C9H18F2N2O2. The van der Waals surface area contributed by atoms with Gasteiger partial charge in [-0.25, -0.2) is 8.78 Å². The fourth-order valence-electron chi connectivity index (χ4n) is 1.09. The van der Waals surface area contributed by atoms with Gasteiger partial charge in [0.05, 0.1) is 12.5 Å². The number of rotatable bonds is 6. The maximum Gasteiger partial charge on any atom is 0.287 e. The minimum Gasteiger partial charge on any atom is -0.390 e. The van der Waals surface area contributed by atoms with Crippen LogP contribution in [0.15, 0.2) is 0 Å². The van der Waals surface area contributed by atoms with Gasteiger partial charge in [-0.3, -0.25) is 4.79 Å². The second kappa shape index (κ2) is 5.97. The van der Waals surface area contributed by atoms with Gasteiger partial charge in [0.15, 0.2) is 0 Å². The topological polar surface area (TPSA) is 75.4 Å². The van der Waals surface area contributed by atoms with E-state index in [2.05, 4.69) is 5.32 Å². The van der Waals surface area contributed by atoms with Crippen molar-refractivity contribution in [3.05, 3.63) is 0 Å². The largest absolute Gasteiger partial charge is 0.390 e. The summed E-state index contributed by atoms with van der Waals surface area (Å²) >= 11 is 0. The second-order valence-corrected chi connectivity index (χ2v) is 3.82. The van der Waals surface area contributed by atoms with E-state index in [0.717, 1.165) is 0 Å². The Morgan fingerprint density at radius 3 is 2.40 bits per heavy atom. The van der Waals surface area contributed by atoms with Crippen LogP contribution in [0.5, 0.6) is 0 Å². The molecule has 0 aliphatic carbocycles. The van der Waals surface area contributed by atoms with Crippen molar-refractivity contribution in [2.75, 3.05) is 19.7 Å². The third-order valence-electron chi connectivity index (χ3n) is 2.15. The van der Waals surface area contributed by atoms with Gasteiger partial charge in [0.2, 0.25) is 5.91 Å².